The lowest BCUT2D eigenvalue weighted by atomic mass is 9.74. The van der Waals surface area contributed by atoms with Gasteiger partial charge in [-0.1, -0.05) is 42.5 Å². The van der Waals surface area contributed by atoms with Crippen molar-refractivity contribution in [1.29, 1.82) is 0 Å². The number of fused-ring (bicyclic) bond motifs is 3. The van der Waals surface area contributed by atoms with Gasteiger partial charge in [0.25, 0.3) is 0 Å². The predicted molar refractivity (Wildman–Crippen MR) is 111 cm³/mol. The van der Waals surface area contributed by atoms with Crippen LogP contribution in [-0.4, -0.2) is 19.3 Å². The van der Waals surface area contributed by atoms with Gasteiger partial charge >= 0.3 is 0 Å². The molecule has 0 spiro atoms. The van der Waals surface area contributed by atoms with Crippen LogP contribution in [0.1, 0.15) is 41.4 Å². The van der Waals surface area contributed by atoms with Gasteiger partial charge in [0, 0.05) is 29.5 Å². The van der Waals surface area contributed by atoms with Crippen LogP contribution < -0.4 is 14.2 Å². The molecule has 0 amide bonds. The summed E-state index contributed by atoms with van der Waals surface area (Å²) in [5, 5.41) is 10.2. The molecule has 0 radical (unpaired) electrons. The van der Waals surface area contributed by atoms with Gasteiger partial charge in [-0.2, -0.15) is 0 Å². The van der Waals surface area contributed by atoms with Gasteiger partial charge in [0.1, 0.15) is 28.6 Å². The lowest BCUT2D eigenvalue weighted by Crippen LogP contribution is -2.36. The highest BCUT2D eigenvalue weighted by atomic mass is 16.5. The topological polar surface area (TPSA) is 47.9 Å². The first kappa shape index (κ1) is 17.9. The van der Waals surface area contributed by atoms with Crippen LogP contribution in [0.15, 0.2) is 66.7 Å². The summed E-state index contributed by atoms with van der Waals surface area (Å²) in [6, 6.07) is 22.1. The largest absolute Gasteiger partial charge is 0.508 e. The number of methoxy groups -OCH3 is 2. The van der Waals surface area contributed by atoms with Gasteiger partial charge in [-0.05, 0) is 36.1 Å². The number of hydrogen-bond donors (Lipinski definition) is 1. The second-order valence-corrected chi connectivity index (χ2v) is 7.78. The number of phenols is 1. The van der Waals surface area contributed by atoms with Crippen molar-refractivity contribution in [1.82, 2.24) is 0 Å². The van der Waals surface area contributed by atoms with Crippen molar-refractivity contribution in [3.8, 4) is 23.0 Å². The SMILES string of the molecule is COc1ccc([C@@]23Oc4cc(O)cc(OC)c4C2CC[C@H]3c2ccccc2)cc1. The molecule has 148 valence electrons. The maximum absolute atomic E-state index is 10.2. The summed E-state index contributed by atoms with van der Waals surface area (Å²) in [5.41, 5.74) is 2.89. The average Bonchev–Trinajstić information content (AvgIpc) is 3.28. The summed E-state index contributed by atoms with van der Waals surface area (Å²) in [6.45, 7) is 0. The van der Waals surface area contributed by atoms with E-state index in [1.165, 1.54) is 5.56 Å². The highest BCUT2D eigenvalue weighted by molar-refractivity contribution is 5.59. The molecule has 1 saturated carbocycles. The molecule has 3 atom stereocenters. The number of hydrogen-bond acceptors (Lipinski definition) is 4. The van der Waals surface area contributed by atoms with Crippen LogP contribution >= 0.6 is 0 Å². The minimum absolute atomic E-state index is 0.145. The maximum Gasteiger partial charge on any atom is 0.148 e. The minimum atomic E-state index is -0.545. The van der Waals surface area contributed by atoms with Crippen LogP contribution in [0.4, 0.5) is 0 Å². The van der Waals surface area contributed by atoms with E-state index in [1.807, 2.05) is 18.2 Å². The van der Waals surface area contributed by atoms with Crippen molar-refractivity contribution in [2.24, 2.45) is 0 Å². The van der Waals surface area contributed by atoms with Crippen molar-refractivity contribution in [3.63, 3.8) is 0 Å². The van der Waals surface area contributed by atoms with E-state index >= 15 is 0 Å². The molecule has 0 bridgehead atoms. The summed E-state index contributed by atoms with van der Waals surface area (Å²) in [5.74, 6) is 2.72. The van der Waals surface area contributed by atoms with Gasteiger partial charge in [-0.15, -0.1) is 0 Å². The van der Waals surface area contributed by atoms with Crippen LogP contribution in [0.2, 0.25) is 0 Å². The normalized spacial score (nSPS) is 24.5. The molecule has 4 heteroatoms. The van der Waals surface area contributed by atoms with Crippen LogP contribution in [0, 0.1) is 0 Å². The van der Waals surface area contributed by atoms with Crippen molar-refractivity contribution >= 4 is 0 Å². The first-order valence-corrected chi connectivity index (χ1v) is 9.96. The fourth-order valence-electron chi connectivity index (χ4n) is 5.28. The van der Waals surface area contributed by atoms with Crippen molar-refractivity contribution in [2.45, 2.75) is 30.3 Å². The lowest BCUT2D eigenvalue weighted by molar-refractivity contribution is 0.0639. The third kappa shape index (κ3) is 2.59. The van der Waals surface area contributed by atoms with Crippen LogP contribution in [0.5, 0.6) is 23.0 Å². The van der Waals surface area contributed by atoms with E-state index in [1.54, 1.807) is 26.4 Å². The van der Waals surface area contributed by atoms with Gasteiger partial charge in [0.15, 0.2) is 0 Å². The van der Waals surface area contributed by atoms with E-state index in [0.717, 1.165) is 29.7 Å². The van der Waals surface area contributed by atoms with Gasteiger partial charge < -0.3 is 19.3 Å². The summed E-state index contributed by atoms with van der Waals surface area (Å²) >= 11 is 0. The zero-order valence-corrected chi connectivity index (χ0v) is 16.6. The Hall–Kier alpha value is -3.14. The molecule has 3 aromatic rings. The average molecular weight is 388 g/mol. The predicted octanol–water partition coefficient (Wildman–Crippen LogP) is 5.36. The summed E-state index contributed by atoms with van der Waals surface area (Å²) < 4.78 is 17.8. The Morgan fingerprint density at radius 3 is 2.31 bits per heavy atom. The standard InChI is InChI=1S/C25H24O4/c1-27-19-10-8-17(9-11-19)25-20(16-6-4-3-5-7-16)12-13-21(25)24-22(28-2)14-18(26)15-23(24)29-25/h3-11,14-15,20-21,26H,12-13H2,1-2H3/t20-,21?,25-/m0/s1. The number of phenolic OH excluding ortho intramolecular Hbond substituents is 1. The number of benzene rings is 3. The van der Waals surface area contributed by atoms with Crippen LogP contribution in [0.3, 0.4) is 0 Å². The van der Waals surface area contributed by atoms with E-state index in [4.69, 9.17) is 14.2 Å². The number of rotatable bonds is 4. The molecule has 2 aliphatic rings. The Morgan fingerprint density at radius 2 is 1.62 bits per heavy atom. The van der Waals surface area contributed by atoms with Gasteiger partial charge in [-0.25, -0.2) is 0 Å². The van der Waals surface area contributed by atoms with Gasteiger partial charge in [0.2, 0.25) is 0 Å². The number of aromatic hydroxyl groups is 1. The van der Waals surface area contributed by atoms with Crippen molar-refractivity contribution in [3.05, 3.63) is 83.4 Å². The molecule has 29 heavy (non-hydrogen) atoms. The highest BCUT2D eigenvalue weighted by Crippen LogP contribution is 2.66. The second-order valence-electron chi connectivity index (χ2n) is 7.78. The van der Waals surface area contributed by atoms with E-state index in [9.17, 15) is 5.11 Å². The third-order valence-corrected chi connectivity index (χ3v) is 6.46. The maximum atomic E-state index is 10.2. The van der Waals surface area contributed by atoms with Crippen LogP contribution in [0.25, 0.3) is 0 Å². The van der Waals surface area contributed by atoms with E-state index < -0.39 is 5.60 Å². The molecule has 4 nitrogen and oxygen atoms in total. The van der Waals surface area contributed by atoms with Gasteiger partial charge in [-0.3, -0.25) is 0 Å². The fraction of sp³-hybridized carbons (Fsp3) is 0.280. The minimum Gasteiger partial charge on any atom is -0.508 e. The summed E-state index contributed by atoms with van der Waals surface area (Å²) in [7, 11) is 3.32. The molecule has 1 heterocycles. The second kappa shape index (κ2) is 6.73. The molecule has 0 aromatic heterocycles. The molecule has 1 aliphatic carbocycles. The Balaban J connectivity index is 1.72. The van der Waals surface area contributed by atoms with E-state index in [-0.39, 0.29) is 17.6 Å². The number of ether oxygens (including phenoxy) is 3. The molecular formula is C25H24O4. The van der Waals surface area contributed by atoms with Crippen molar-refractivity contribution < 1.29 is 19.3 Å². The zero-order valence-electron chi connectivity index (χ0n) is 16.6. The first-order valence-electron chi connectivity index (χ1n) is 9.96. The third-order valence-electron chi connectivity index (χ3n) is 6.46. The quantitative estimate of drug-likeness (QED) is 0.654. The smallest absolute Gasteiger partial charge is 0.148 e. The zero-order chi connectivity index (χ0) is 20.0. The molecule has 3 aromatic carbocycles. The Kier molecular flexibility index (Phi) is 4.16. The Morgan fingerprint density at radius 1 is 0.897 bits per heavy atom. The Labute approximate surface area is 170 Å². The van der Waals surface area contributed by atoms with E-state index in [0.29, 0.717) is 11.5 Å². The molecule has 1 N–H and O–H groups in total. The highest BCUT2D eigenvalue weighted by Gasteiger charge is 2.60. The molecule has 1 unspecified atom stereocenters. The Bertz CT molecular complexity index is 1030. The van der Waals surface area contributed by atoms with Crippen molar-refractivity contribution in [2.75, 3.05) is 14.2 Å². The summed E-state index contributed by atoms with van der Waals surface area (Å²) in [6.07, 6.45) is 2.00. The summed E-state index contributed by atoms with van der Waals surface area (Å²) in [4.78, 5) is 0. The molecular weight excluding hydrogens is 364 g/mol. The lowest BCUT2D eigenvalue weighted by Gasteiger charge is -2.36. The van der Waals surface area contributed by atoms with E-state index in [2.05, 4.69) is 36.4 Å². The molecule has 0 saturated heterocycles. The molecule has 5 rings (SSSR count). The monoisotopic (exact) mass is 388 g/mol. The fourth-order valence-corrected chi connectivity index (χ4v) is 5.28. The molecule has 1 fully saturated rings. The molecule has 1 aliphatic heterocycles. The van der Waals surface area contributed by atoms with Gasteiger partial charge in [0.05, 0.1) is 14.2 Å². The first-order chi connectivity index (χ1) is 14.2. The van der Waals surface area contributed by atoms with Crippen LogP contribution in [-0.2, 0) is 5.60 Å².